The SMILES string of the molecule is CCCC(=O)OCN1C(=O)C[C@H]1c1ccc(C)cc1. The average Bonchev–Trinajstić information content (AvgIpc) is 2.37. The van der Waals surface area contributed by atoms with Gasteiger partial charge in [0.05, 0.1) is 12.5 Å². The van der Waals surface area contributed by atoms with Gasteiger partial charge < -0.3 is 9.64 Å². The van der Waals surface area contributed by atoms with Gasteiger partial charge in [-0.05, 0) is 18.9 Å². The van der Waals surface area contributed by atoms with E-state index in [0.717, 1.165) is 12.0 Å². The molecule has 1 atom stereocenters. The third-order valence-corrected chi connectivity index (χ3v) is 3.35. The van der Waals surface area contributed by atoms with Crippen LogP contribution in [0.2, 0.25) is 0 Å². The standard InChI is InChI=1S/C15H19NO3/c1-3-4-15(18)19-10-16-13(9-14(16)17)12-7-5-11(2)6-8-12/h5-8,13H,3-4,9-10H2,1-2H3/t13-/m0/s1. The van der Waals surface area contributed by atoms with E-state index in [9.17, 15) is 9.59 Å². The van der Waals surface area contributed by atoms with Gasteiger partial charge in [-0.1, -0.05) is 36.8 Å². The molecular weight excluding hydrogens is 242 g/mol. The van der Waals surface area contributed by atoms with Gasteiger partial charge >= 0.3 is 5.97 Å². The molecule has 0 bridgehead atoms. The zero-order valence-corrected chi connectivity index (χ0v) is 11.4. The van der Waals surface area contributed by atoms with E-state index in [-0.39, 0.29) is 24.6 Å². The number of likely N-dealkylation sites (tertiary alicyclic amines) is 1. The summed E-state index contributed by atoms with van der Waals surface area (Å²) in [6, 6.07) is 8.14. The van der Waals surface area contributed by atoms with Gasteiger partial charge in [0.25, 0.3) is 0 Å². The molecule has 19 heavy (non-hydrogen) atoms. The van der Waals surface area contributed by atoms with Gasteiger partial charge in [0.2, 0.25) is 5.91 Å². The summed E-state index contributed by atoms with van der Waals surface area (Å²) in [5.74, 6) is -0.209. The van der Waals surface area contributed by atoms with Crippen LogP contribution in [0, 0.1) is 6.92 Å². The molecule has 2 rings (SSSR count). The van der Waals surface area contributed by atoms with E-state index < -0.39 is 0 Å². The van der Waals surface area contributed by atoms with Crippen LogP contribution in [0.15, 0.2) is 24.3 Å². The van der Waals surface area contributed by atoms with Crippen molar-refractivity contribution in [2.75, 3.05) is 6.73 Å². The highest BCUT2D eigenvalue weighted by Gasteiger charge is 2.37. The highest BCUT2D eigenvalue weighted by molar-refractivity contribution is 5.83. The Morgan fingerprint density at radius 2 is 2.05 bits per heavy atom. The van der Waals surface area contributed by atoms with Crippen LogP contribution in [0.4, 0.5) is 0 Å². The van der Waals surface area contributed by atoms with Crippen molar-refractivity contribution >= 4 is 11.9 Å². The average molecular weight is 261 g/mol. The van der Waals surface area contributed by atoms with Crippen LogP contribution in [0.3, 0.4) is 0 Å². The Morgan fingerprint density at radius 1 is 1.37 bits per heavy atom. The molecule has 1 saturated heterocycles. The van der Waals surface area contributed by atoms with Crippen LogP contribution in [0.25, 0.3) is 0 Å². The van der Waals surface area contributed by atoms with Crippen LogP contribution < -0.4 is 0 Å². The van der Waals surface area contributed by atoms with Crippen molar-refractivity contribution < 1.29 is 14.3 Å². The van der Waals surface area contributed by atoms with Crippen molar-refractivity contribution in [1.82, 2.24) is 4.90 Å². The fraction of sp³-hybridized carbons (Fsp3) is 0.467. The molecule has 1 aliphatic heterocycles. The number of carbonyl (C=O) groups is 2. The molecule has 0 spiro atoms. The van der Waals surface area contributed by atoms with Crippen molar-refractivity contribution in [1.29, 1.82) is 0 Å². The molecule has 0 N–H and O–H groups in total. The maximum atomic E-state index is 11.6. The van der Waals surface area contributed by atoms with E-state index in [2.05, 4.69) is 0 Å². The molecule has 0 aliphatic carbocycles. The Morgan fingerprint density at radius 3 is 2.63 bits per heavy atom. The summed E-state index contributed by atoms with van der Waals surface area (Å²) in [5.41, 5.74) is 2.28. The lowest BCUT2D eigenvalue weighted by Gasteiger charge is -2.40. The number of aryl methyl sites for hydroxylation is 1. The Balaban J connectivity index is 1.94. The number of β-lactam (4-membered cyclic amide) rings is 1. The first kappa shape index (κ1) is 13.6. The fourth-order valence-corrected chi connectivity index (χ4v) is 2.12. The van der Waals surface area contributed by atoms with Gasteiger partial charge in [0, 0.05) is 6.42 Å². The largest absolute Gasteiger partial charge is 0.444 e. The van der Waals surface area contributed by atoms with Gasteiger partial charge in [0.15, 0.2) is 6.73 Å². The predicted molar refractivity (Wildman–Crippen MR) is 71.3 cm³/mol. The second-order valence-corrected chi connectivity index (χ2v) is 4.89. The molecule has 1 aromatic carbocycles. The van der Waals surface area contributed by atoms with E-state index in [0.29, 0.717) is 12.8 Å². The predicted octanol–water partition coefficient (Wildman–Crippen LogP) is 2.57. The highest BCUT2D eigenvalue weighted by Crippen LogP contribution is 2.34. The van der Waals surface area contributed by atoms with E-state index in [4.69, 9.17) is 4.74 Å². The van der Waals surface area contributed by atoms with E-state index in [1.54, 1.807) is 4.90 Å². The lowest BCUT2D eigenvalue weighted by Crippen LogP contribution is -2.47. The molecule has 1 aromatic rings. The third kappa shape index (κ3) is 3.13. The van der Waals surface area contributed by atoms with Crippen LogP contribution in [0.1, 0.15) is 43.4 Å². The maximum Gasteiger partial charge on any atom is 0.307 e. The van der Waals surface area contributed by atoms with Gasteiger partial charge in [-0.25, -0.2) is 0 Å². The van der Waals surface area contributed by atoms with Crippen LogP contribution in [-0.2, 0) is 14.3 Å². The molecule has 1 aliphatic rings. The summed E-state index contributed by atoms with van der Waals surface area (Å²) in [5, 5.41) is 0. The molecule has 102 valence electrons. The number of nitrogens with zero attached hydrogens (tertiary/aromatic N) is 1. The normalized spacial score (nSPS) is 18.1. The van der Waals surface area contributed by atoms with Crippen molar-refractivity contribution in [3.8, 4) is 0 Å². The van der Waals surface area contributed by atoms with Gasteiger partial charge in [-0.15, -0.1) is 0 Å². The molecule has 0 aromatic heterocycles. The van der Waals surface area contributed by atoms with Gasteiger partial charge in [-0.2, -0.15) is 0 Å². The summed E-state index contributed by atoms with van der Waals surface area (Å²) in [7, 11) is 0. The summed E-state index contributed by atoms with van der Waals surface area (Å²) in [6.07, 6.45) is 1.65. The Hall–Kier alpha value is -1.84. The van der Waals surface area contributed by atoms with Crippen molar-refractivity contribution in [3.05, 3.63) is 35.4 Å². The molecule has 1 fully saturated rings. The molecule has 0 radical (unpaired) electrons. The zero-order chi connectivity index (χ0) is 13.8. The van der Waals surface area contributed by atoms with E-state index in [1.807, 2.05) is 38.1 Å². The summed E-state index contributed by atoms with van der Waals surface area (Å²) in [6.45, 7) is 4.02. The molecule has 4 heteroatoms. The number of ether oxygens (including phenoxy) is 1. The topological polar surface area (TPSA) is 46.6 Å². The first-order valence-corrected chi connectivity index (χ1v) is 6.63. The molecule has 0 unspecified atom stereocenters. The molecule has 1 heterocycles. The minimum Gasteiger partial charge on any atom is -0.444 e. The fourth-order valence-electron chi connectivity index (χ4n) is 2.12. The number of rotatable bonds is 5. The number of hydrogen-bond donors (Lipinski definition) is 0. The summed E-state index contributed by atoms with van der Waals surface area (Å²) in [4.78, 5) is 24.5. The second-order valence-electron chi connectivity index (χ2n) is 4.89. The number of carbonyl (C=O) groups excluding carboxylic acids is 2. The third-order valence-electron chi connectivity index (χ3n) is 3.35. The molecule has 1 amide bonds. The lowest BCUT2D eigenvalue weighted by atomic mass is 9.94. The molecular formula is C15H19NO3. The monoisotopic (exact) mass is 261 g/mol. The number of hydrogen-bond acceptors (Lipinski definition) is 3. The first-order valence-electron chi connectivity index (χ1n) is 6.63. The molecule has 4 nitrogen and oxygen atoms in total. The zero-order valence-electron chi connectivity index (χ0n) is 11.4. The van der Waals surface area contributed by atoms with Crippen LogP contribution in [-0.4, -0.2) is 23.5 Å². The Labute approximate surface area is 113 Å². The smallest absolute Gasteiger partial charge is 0.307 e. The first-order chi connectivity index (χ1) is 9.11. The minimum absolute atomic E-state index is 0.0369. The van der Waals surface area contributed by atoms with Crippen LogP contribution >= 0.6 is 0 Å². The van der Waals surface area contributed by atoms with Gasteiger partial charge in [-0.3, -0.25) is 9.59 Å². The highest BCUT2D eigenvalue weighted by atomic mass is 16.5. The van der Waals surface area contributed by atoms with Crippen molar-refractivity contribution in [2.24, 2.45) is 0 Å². The van der Waals surface area contributed by atoms with Crippen LogP contribution in [0.5, 0.6) is 0 Å². The van der Waals surface area contributed by atoms with Crippen molar-refractivity contribution in [3.63, 3.8) is 0 Å². The van der Waals surface area contributed by atoms with Crippen molar-refractivity contribution in [2.45, 2.75) is 39.2 Å². The minimum atomic E-state index is -0.246. The summed E-state index contributed by atoms with van der Waals surface area (Å²) < 4.78 is 5.10. The lowest BCUT2D eigenvalue weighted by molar-refractivity contribution is -0.164. The number of esters is 1. The Bertz CT molecular complexity index is 467. The number of amides is 1. The maximum absolute atomic E-state index is 11.6. The molecule has 0 saturated carbocycles. The van der Waals surface area contributed by atoms with E-state index >= 15 is 0 Å². The van der Waals surface area contributed by atoms with E-state index in [1.165, 1.54) is 5.56 Å². The van der Waals surface area contributed by atoms with Gasteiger partial charge in [0.1, 0.15) is 0 Å². The second kappa shape index (κ2) is 5.87. The summed E-state index contributed by atoms with van der Waals surface area (Å²) >= 11 is 0. The number of benzene rings is 1. The Kier molecular flexibility index (Phi) is 4.20. The quantitative estimate of drug-likeness (QED) is 0.604.